The Morgan fingerprint density at radius 3 is 2.75 bits per heavy atom. The van der Waals surface area contributed by atoms with Crippen molar-refractivity contribution >= 4 is 36.5 Å². The van der Waals surface area contributed by atoms with Gasteiger partial charge in [0.2, 0.25) is 5.91 Å². The number of nitrogens with one attached hydrogen (secondary N) is 1. The second-order valence-corrected chi connectivity index (χ2v) is 7.05. The second-order valence-electron chi connectivity index (χ2n) is 7.05. The number of hydrogen-bond donors (Lipinski definition) is 1. The van der Waals surface area contributed by atoms with Crippen molar-refractivity contribution in [3.8, 4) is 12.1 Å². The Kier molecular flexibility index (Phi) is 9.48. The lowest BCUT2D eigenvalue weighted by molar-refractivity contribution is -0.130. The monoisotopic (exact) mass is 424 g/mol. The Balaban J connectivity index is 0.00000196. The topological polar surface area (TPSA) is 96.1 Å². The first-order valence-electron chi connectivity index (χ1n) is 9.14. The molecule has 0 spiro atoms. The van der Waals surface area contributed by atoms with Gasteiger partial charge in [0.25, 0.3) is 0 Å². The number of likely N-dealkylation sites (tertiary alicyclic amines) is 1. The third kappa shape index (κ3) is 5.48. The van der Waals surface area contributed by atoms with Crippen LogP contribution in [0.1, 0.15) is 37.7 Å². The lowest BCUT2D eigenvalue weighted by atomic mass is 10.2. The number of rotatable bonds is 5. The van der Waals surface area contributed by atoms with Crippen LogP contribution in [-0.4, -0.2) is 54.1 Å². The fourth-order valence-corrected chi connectivity index (χ4v) is 3.88. The molecule has 0 radical (unpaired) electrons. The van der Waals surface area contributed by atoms with Gasteiger partial charge in [-0.25, -0.2) is 4.98 Å². The molecule has 2 heterocycles. The second kappa shape index (κ2) is 11.1. The van der Waals surface area contributed by atoms with Gasteiger partial charge in [-0.2, -0.15) is 10.5 Å². The maximum absolute atomic E-state index is 12.3. The summed E-state index contributed by atoms with van der Waals surface area (Å²) in [6.45, 7) is 0.994. The first kappa shape index (κ1) is 24.0. The predicted molar refractivity (Wildman–Crippen MR) is 112 cm³/mol. The summed E-state index contributed by atoms with van der Waals surface area (Å²) in [5, 5.41) is 21.3. The van der Waals surface area contributed by atoms with Crippen molar-refractivity contribution in [3.63, 3.8) is 0 Å². The van der Waals surface area contributed by atoms with Gasteiger partial charge >= 0.3 is 0 Å². The molecule has 1 aromatic heterocycles. The van der Waals surface area contributed by atoms with E-state index in [2.05, 4.69) is 27.3 Å². The van der Waals surface area contributed by atoms with Crippen LogP contribution < -0.4 is 10.2 Å². The zero-order chi connectivity index (χ0) is 18.5. The summed E-state index contributed by atoms with van der Waals surface area (Å²) in [7, 11) is 2.02. The molecule has 1 amide bonds. The lowest BCUT2D eigenvalue weighted by Gasteiger charge is -2.26. The molecule has 2 fully saturated rings. The number of carbonyl (C=O) groups excluding carboxylic acids is 1. The van der Waals surface area contributed by atoms with Gasteiger partial charge in [0.05, 0.1) is 18.2 Å². The van der Waals surface area contributed by atoms with E-state index in [-0.39, 0.29) is 36.8 Å². The number of halogens is 2. The predicted octanol–water partition coefficient (Wildman–Crippen LogP) is 2.26. The number of pyridine rings is 1. The Hall–Kier alpha value is -2.06. The minimum atomic E-state index is -0.255. The van der Waals surface area contributed by atoms with E-state index in [0.29, 0.717) is 30.7 Å². The van der Waals surface area contributed by atoms with Gasteiger partial charge in [-0.1, -0.05) is 0 Å². The van der Waals surface area contributed by atoms with E-state index >= 15 is 0 Å². The number of hydrogen-bond acceptors (Lipinski definition) is 6. The summed E-state index contributed by atoms with van der Waals surface area (Å²) in [5.74, 6) is 0.888. The lowest BCUT2D eigenvalue weighted by Crippen LogP contribution is -2.43. The summed E-state index contributed by atoms with van der Waals surface area (Å²) >= 11 is 0. The highest BCUT2D eigenvalue weighted by Gasteiger charge is 2.31. The molecule has 1 aromatic rings. The molecule has 3 atom stereocenters. The molecule has 9 heteroatoms. The van der Waals surface area contributed by atoms with Crippen molar-refractivity contribution in [1.82, 2.24) is 15.2 Å². The van der Waals surface area contributed by atoms with E-state index in [1.807, 2.05) is 13.1 Å². The van der Waals surface area contributed by atoms with Crippen LogP contribution in [0.5, 0.6) is 0 Å². The van der Waals surface area contributed by atoms with Gasteiger partial charge in [0, 0.05) is 31.9 Å². The smallest absolute Gasteiger partial charge is 0.237 e. The minimum Gasteiger partial charge on any atom is -0.357 e. The Morgan fingerprint density at radius 1 is 1.32 bits per heavy atom. The van der Waals surface area contributed by atoms with Crippen molar-refractivity contribution < 1.29 is 4.79 Å². The van der Waals surface area contributed by atoms with Crippen LogP contribution in [-0.2, 0) is 4.79 Å². The molecule has 0 bridgehead atoms. The van der Waals surface area contributed by atoms with E-state index in [0.717, 1.165) is 37.9 Å². The van der Waals surface area contributed by atoms with Crippen molar-refractivity contribution in [2.24, 2.45) is 0 Å². The van der Waals surface area contributed by atoms with Crippen molar-refractivity contribution in [3.05, 3.63) is 23.9 Å². The van der Waals surface area contributed by atoms with Gasteiger partial charge in [-0.05, 0) is 44.2 Å². The largest absolute Gasteiger partial charge is 0.357 e. The maximum Gasteiger partial charge on any atom is 0.237 e. The molecule has 1 N–H and O–H groups in total. The Bertz CT molecular complexity index is 729. The van der Waals surface area contributed by atoms with Crippen molar-refractivity contribution in [2.75, 3.05) is 25.0 Å². The third-order valence-electron chi connectivity index (χ3n) is 5.46. The molecule has 3 rings (SSSR count). The number of anilines is 1. The van der Waals surface area contributed by atoms with E-state index in [4.69, 9.17) is 10.5 Å². The van der Waals surface area contributed by atoms with Crippen LogP contribution in [0, 0.1) is 22.7 Å². The molecule has 1 saturated carbocycles. The zero-order valence-electron chi connectivity index (χ0n) is 15.9. The highest BCUT2D eigenvalue weighted by Crippen LogP contribution is 2.26. The summed E-state index contributed by atoms with van der Waals surface area (Å²) < 4.78 is 0. The van der Waals surface area contributed by atoms with Crippen molar-refractivity contribution in [2.45, 2.75) is 50.2 Å². The van der Waals surface area contributed by atoms with E-state index in [1.54, 1.807) is 17.2 Å². The van der Waals surface area contributed by atoms with Crippen LogP contribution in [0.15, 0.2) is 18.3 Å². The molecule has 2 aliphatic rings. The number of nitriles is 2. The van der Waals surface area contributed by atoms with Crippen molar-refractivity contribution in [1.29, 1.82) is 10.5 Å². The number of aromatic nitrogens is 1. The van der Waals surface area contributed by atoms with Gasteiger partial charge in [-0.15, -0.1) is 24.8 Å². The van der Waals surface area contributed by atoms with Gasteiger partial charge < -0.3 is 15.1 Å². The van der Waals surface area contributed by atoms with Crippen LogP contribution in [0.2, 0.25) is 0 Å². The first-order chi connectivity index (χ1) is 12.6. The van der Waals surface area contributed by atoms with E-state index < -0.39 is 0 Å². The fourth-order valence-electron chi connectivity index (χ4n) is 3.88. The van der Waals surface area contributed by atoms with Gasteiger partial charge in [0.1, 0.15) is 17.9 Å². The number of carbonyl (C=O) groups is 1. The highest BCUT2D eigenvalue weighted by atomic mass is 35.5. The molecule has 28 heavy (non-hydrogen) atoms. The highest BCUT2D eigenvalue weighted by molar-refractivity contribution is 5.85. The SMILES string of the molecule is CN(c1ccc(C#N)cn1)C1CCC(NCC(=O)N2CCC[C@H]2C#N)C1.Cl.Cl. The third-order valence-corrected chi connectivity index (χ3v) is 5.46. The van der Waals surface area contributed by atoms with Crippen LogP contribution in [0.4, 0.5) is 5.82 Å². The summed E-state index contributed by atoms with van der Waals surface area (Å²) in [5.41, 5.74) is 0.559. The fraction of sp³-hybridized carbons (Fsp3) is 0.579. The summed E-state index contributed by atoms with van der Waals surface area (Å²) in [6, 6.07) is 8.36. The van der Waals surface area contributed by atoms with Gasteiger partial charge in [0.15, 0.2) is 0 Å². The zero-order valence-corrected chi connectivity index (χ0v) is 17.5. The average Bonchev–Trinajstić information content (AvgIpc) is 3.34. The molecular formula is C19H26Cl2N6O. The molecular weight excluding hydrogens is 399 g/mol. The molecule has 2 unspecified atom stereocenters. The minimum absolute atomic E-state index is 0. The number of amides is 1. The van der Waals surface area contributed by atoms with E-state index in [9.17, 15) is 4.79 Å². The number of nitrogens with zero attached hydrogens (tertiary/aromatic N) is 5. The van der Waals surface area contributed by atoms with Crippen LogP contribution in [0.3, 0.4) is 0 Å². The first-order valence-corrected chi connectivity index (χ1v) is 9.14. The normalized spacial score (nSPS) is 23.1. The molecule has 7 nitrogen and oxygen atoms in total. The molecule has 152 valence electrons. The average molecular weight is 425 g/mol. The standard InChI is InChI=1S/C19H24N6O.2ClH/c1-24(18-7-4-14(10-20)12-23-18)16-6-5-15(9-16)22-13-19(26)25-8-2-3-17(25)11-21;;/h4,7,12,15-17,22H,2-3,5-6,8-9,13H2,1H3;2*1H/t15?,16?,17-;;/m0../s1. The summed E-state index contributed by atoms with van der Waals surface area (Å²) in [4.78, 5) is 20.5. The Morgan fingerprint density at radius 2 is 2.11 bits per heavy atom. The van der Waals surface area contributed by atoms with E-state index in [1.165, 1.54) is 0 Å². The quantitative estimate of drug-likeness (QED) is 0.778. The van der Waals surface area contributed by atoms with Gasteiger partial charge in [-0.3, -0.25) is 4.79 Å². The maximum atomic E-state index is 12.3. The van der Waals surface area contributed by atoms with Crippen LogP contribution >= 0.6 is 24.8 Å². The molecule has 1 aliphatic heterocycles. The van der Waals surface area contributed by atoms with Crippen LogP contribution in [0.25, 0.3) is 0 Å². The molecule has 1 aliphatic carbocycles. The molecule has 1 saturated heterocycles. The Labute approximate surface area is 178 Å². The summed E-state index contributed by atoms with van der Waals surface area (Å²) in [6.07, 6.45) is 6.30. The molecule has 0 aromatic carbocycles.